The highest BCUT2D eigenvalue weighted by Gasteiger charge is 2.37. The van der Waals surface area contributed by atoms with Crippen LogP contribution in [0.2, 0.25) is 0 Å². The average molecular weight is 549 g/mol. The minimum absolute atomic E-state index is 0.158. The Labute approximate surface area is 242 Å². The molecule has 0 spiro atoms. The summed E-state index contributed by atoms with van der Waals surface area (Å²) in [6, 6.07) is 35.5. The molecular formula is C35H36N2O4. The fraction of sp³-hybridized carbons (Fsp3) is 0.229. The summed E-state index contributed by atoms with van der Waals surface area (Å²) in [5.41, 5.74) is 3.58. The molecule has 1 atom stereocenters. The van der Waals surface area contributed by atoms with Crippen LogP contribution in [0.3, 0.4) is 0 Å². The van der Waals surface area contributed by atoms with Gasteiger partial charge in [0.05, 0.1) is 5.71 Å². The molecule has 0 saturated carbocycles. The first-order chi connectivity index (χ1) is 19.7. The molecule has 1 amide bonds. The van der Waals surface area contributed by atoms with Crippen LogP contribution in [0, 0.1) is 0 Å². The molecule has 0 radical (unpaired) electrons. The van der Waals surface area contributed by atoms with Gasteiger partial charge in [0.1, 0.15) is 24.9 Å². The fourth-order valence-corrected chi connectivity index (χ4v) is 4.75. The Balaban J connectivity index is 1.53. The van der Waals surface area contributed by atoms with Gasteiger partial charge in [0.25, 0.3) is 0 Å². The minimum Gasteiger partial charge on any atom is -0.489 e. The molecule has 0 aliphatic carbocycles. The predicted molar refractivity (Wildman–Crippen MR) is 162 cm³/mol. The predicted octanol–water partition coefficient (Wildman–Crippen LogP) is 6.43. The molecule has 6 heteroatoms. The van der Waals surface area contributed by atoms with E-state index >= 15 is 0 Å². The highest BCUT2D eigenvalue weighted by molar-refractivity contribution is 6.13. The van der Waals surface area contributed by atoms with Crippen LogP contribution in [0.15, 0.2) is 120 Å². The summed E-state index contributed by atoms with van der Waals surface area (Å²) in [5.74, 6) is -0.720. The van der Waals surface area contributed by atoms with Crippen molar-refractivity contribution >= 4 is 17.6 Å². The Morgan fingerprint density at radius 3 is 1.76 bits per heavy atom. The molecule has 4 rings (SSSR count). The third-order valence-electron chi connectivity index (χ3n) is 6.66. The van der Waals surface area contributed by atoms with E-state index in [9.17, 15) is 14.7 Å². The molecule has 41 heavy (non-hydrogen) atoms. The fourth-order valence-electron chi connectivity index (χ4n) is 4.75. The number of amides is 1. The number of ether oxygens (including phenoxy) is 1. The molecule has 0 aliphatic heterocycles. The lowest BCUT2D eigenvalue weighted by molar-refractivity contribution is -0.154. The van der Waals surface area contributed by atoms with Crippen molar-refractivity contribution < 1.29 is 19.4 Å². The van der Waals surface area contributed by atoms with E-state index in [1.165, 1.54) is 4.90 Å². The van der Waals surface area contributed by atoms with Crippen LogP contribution in [0.5, 0.6) is 5.75 Å². The summed E-state index contributed by atoms with van der Waals surface area (Å²) in [5, 5.41) is 10.3. The standard InChI is InChI=1S/C35H36N2O4/c1-35(2,3)37(32(38)24-36-33(28-15-9-5-10-16-28)29-17-11-6-12-18-29)31(34(39)40)23-26-19-21-30(22-20-26)41-25-27-13-7-4-8-14-27/h4-22,31H,23-25H2,1-3H3,(H,39,40). The van der Waals surface area contributed by atoms with Crippen molar-refractivity contribution in [1.29, 1.82) is 0 Å². The maximum Gasteiger partial charge on any atom is 0.326 e. The molecule has 0 fully saturated rings. The normalized spacial score (nSPS) is 11.8. The van der Waals surface area contributed by atoms with Gasteiger partial charge in [-0.2, -0.15) is 0 Å². The lowest BCUT2D eigenvalue weighted by atomic mass is 9.97. The van der Waals surface area contributed by atoms with Gasteiger partial charge in [-0.3, -0.25) is 9.79 Å². The zero-order chi connectivity index (χ0) is 29.2. The second-order valence-electron chi connectivity index (χ2n) is 10.8. The molecule has 6 nitrogen and oxygen atoms in total. The van der Waals surface area contributed by atoms with E-state index in [2.05, 4.69) is 0 Å². The summed E-state index contributed by atoms with van der Waals surface area (Å²) >= 11 is 0. The van der Waals surface area contributed by atoms with Crippen LogP contribution in [0.1, 0.15) is 43.0 Å². The second kappa shape index (κ2) is 13.6. The van der Waals surface area contributed by atoms with Gasteiger partial charge in [-0.1, -0.05) is 103 Å². The topological polar surface area (TPSA) is 79.2 Å². The Hall–Kier alpha value is -4.71. The first-order valence-electron chi connectivity index (χ1n) is 13.7. The highest BCUT2D eigenvalue weighted by Crippen LogP contribution is 2.23. The molecule has 1 unspecified atom stereocenters. The first kappa shape index (κ1) is 29.3. The third-order valence-corrected chi connectivity index (χ3v) is 6.66. The Morgan fingerprint density at radius 1 is 0.756 bits per heavy atom. The zero-order valence-corrected chi connectivity index (χ0v) is 23.7. The van der Waals surface area contributed by atoms with Crippen LogP contribution < -0.4 is 4.74 Å². The molecular weight excluding hydrogens is 512 g/mol. The van der Waals surface area contributed by atoms with E-state index in [1.807, 2.05) is 136 Å². The highest BCUT2D eigenvalue weighted by atomic mass is 16.5. The summed E-state index contributed by atoms with van der Waals surface area (Å²) < 4.78 is 5.87. The number of aliphatic imine (C=N–C) groups is 1. The van der Waals surface area contributed by atoms with Gasteiger partial charge < -0.3 is 14.7 Å². The van der Waals surface area contributed by atoms with E-state index in [0.717, 1.165) is 22.3 Å². The van der Waals surface area contributed by atoms with Crippen molar-refractivity contribution in [3.8, 4) is 5.75 Å². The number of nitrogens with zero attached hydrogens (tertiary/aromatic N) is 2. The van der Waals surface area contributed by atoms with Crippen LogP contribution in [-0.2, 0) is 22.6 Å². The molecule has 210 valence electrons. The molecule has 1 N–H and O–H groups in total. The number of carbonyl (C=O) groups excluding carboxylic acids is 1. The quantitative estimate of drug-likeness (QED) is 0.219. The summed E-state index contributed by atoms with van der Waals surface area (Å²) in [7, 11) is 0. The Kier molecular flexibility index (Phi) is 9.69. The van der Waals surface area contributed by atoms with Crippen molar-refractivity contribution in [2.45, 2.75) is 45.4 Å². The van der Waals surface area contributed by atoms with Gasteiger partial charge in [0.2, 0.25) is 5.91 Å². The van der Waals surface area contributed by atoms with E-state index < -0.39 is 17.6 Å². The van der Waals surface area contributed by atoms with E-state index in [-0.39, 0.29) is 18.9 Å². The van der Waals surface area contributed by atoms with E-state index in [0.29, 0.717) is 18.1 Å². The van der Waals surface area contributed by atoms with Gasteiger partial charge in [0.15, 0.2) is 0 Å². The number of hydrogen-bond donors (Lipinski definition) is 1. The minimum atomic E-state index is -1.06. The molecule has 0 heterocycles. The lowest BCUT2D eigenvalue weighted by Crippen LogP contribution is -2.56. The monoisotopic (exact) mass is 548 g/mol. The van der Waals surface area contributed by atoms with Crippen LogP contribution >= 0.6 is 0 Å². The second-order valence-corrected chi connectivity index (χ2v) is 10.8. The maximum absolute atomic E-state index is 13.7. The number of aliphatic carboxylic acids is 1. The SMILES string of the molecule is CC(C)(C)N(C(=O)CN=C(c1ccccc1)c1ccccc1)C(Cc1ccc(OCc2ccccc2)cc1)C(=O)O. The molecule has 0 bridgehead atoms. The molecule has 0 saturated heterocycles. The largest absolute Gasteiger partial charge is 0.489 e. The van der Waals surface area contributed by atoms with Crippen molar-refractivity contribution in [3.05, 3.63) is 138 Å². The van der Waals surface area contributed by atoms with Gasteiger partial charge in [-0.25, -0.2) is 4.79 Å². The first-order valence-corrected chi connectivity index (χ1v) is 13.7. The van der Waals surface area contributed by atoms with Gasteiger partial charge in [0, 0.05) is 23.1 Å². The molecule has 0 aliphatic rings. The number of carboxylic acid groups (broad SMARTS) is 1. The van der Waals surface area contributed by atoms with Crippen LogP contribution in [0.4, 0.5) is 0 Å². The van der Waals surface area contributed by atoms with E-state index in [1.54, 1.807) is 0 Å². The van der Waals surface area contributed by atoms with Crippen molar-refractivity contribution in [1.82, 2.24) is 4.90 Å². The molecule has 0 aromatic heterocycles. The van der Waals surface area contributed by atoms with Gasteiger partial charge in [-0.05, 0) is 44.0 Å². The van der Waals surface area contributed by atoms with E-state index in [4.69, 9.17) is 9.73 Å². The van der Waals surface area contributed by atoms with Crippen molar-refractivity contribution in [2.24, 2.45) is 4.99 Å². The smallest absolute Gasteiger partial charge is 0.326 e. The van der Waals surface area contributed by atoms with Crippen molar-refractivity contribution in [2.75, 3.05) is 6.54 Å². The zero-order valence-electron chi connectivity index (χ0n) is 23.7. The van der Waals surface area contributed by atoms with Crippen LogP contribution in [-0.4, -0.2) is 45.7 Å². The number of carbonyl (C=O) groups is 2. The van der Waals surface area contributed by atoms with Gasteiger partial charge >= 0.3 is 5.97 Å². The number of carboxylic acids is 1. The number of benzene rings is 4. The third kappa shape index (κ3) is 8.15. The number of hydrogen-bond acceptors (Lipinski definition) is 4. The van der Waals surface area contributed by atoms with Crippen LogP contribution in [0.25, 0.3) is 0 Å². The number of rotatable bonds is 11. The molecule has 4 aromatic rings. The maximum atomic E-state index is 13.7. The Morgan fingerprint density at radius 2 is 1.27 bits per heavy atom. The summed E-state index contributed by atoms with van der Waals surface area (Å²) in [6.07, 6.45) is 0.158. The lowest BCUT2D eigenvalue weighted by Gasteiger charge is -2.40. The Bertz CT molecular complexity index is 1400. The average Bonchev–Trinajstić information content (AvgIpc) is 2.97. The van der Waals surface area contributed by atoms with Gasteiger partial charge in [-0.15, -0.1) is 0 Å². The summed E-state index contributed by atoms with van der Waals surface area (Å²) in [6.45, 7) is 5.81. The molecule has 4 aromatic carbocycles. The summed E-state index contributed by atoms with van der Waals surface area (Å²) in [4.78, 5) is 32.4. The van der Waals surface area contributed by atoms with Crippen molar-refractivity contribution in [3.63, 3.8) is 0 Å².